The number of carbonyl (C=O) groups excluding carboxylic acids is 3. The van der Waals surface area contributed by atoms with Crippen LogP contribution in [0.2, 0.25) is 0 Å². The highest BCUT2D eigenvalue weighted by Gasteiger charge is 2.18. The van der Waals surface area contributed by atoms with Gasteiger partial charge in [0.15, 0.2) is 5.76 Å². The molecule has 2 heterocycles. The molecule has 1 aromatic carbocycles. The monoisotopic (exact) mass is 414 g/mol. The molecule has 8 nitrogen and oxygen atoms in total. The predicted molar refractivity (Wildman–Crippen MR) is 106 cm³/mol. The van der Waals surface area contributed by atoms with E-state index in [1.54, 1.807) is 42.5 Å². The van der Waals surface area contributed by atoms with Gasteiger partial charge in [0.25, 0.3) is 0 Å². The maximum absolute atomic E-state index is 12.2. The number of ketones is 1. The lowest BCUT2D eigenvalue weighted by atomic mass is 10.2. The molecule has 2 N–H and O–H groups in total. The van der Waals surface area contributed by atoms with Crippen molar-refractivity contribution in [2.24, 2.45) is 0 Å². The second-order valence-corrected chi connectivity index (χ2v) is 6.94. The van der Waals surface area contributed by atoms with Crippen LogP contribution in [0.1, 0.15) is 20.3 Å². The van der Waals surface area contributed by atoms with Crippen molar-refractivity contribution in [3.63, 3.8) is 0 Å². The molecule has 29 heavy (non-hydrogen) atoms. The fraction of sp³-hybridized carbons (Fsp3) is 0.150. The number of benzene rings is 1. The molecule has 0 unspecified atom stereocenters. The first kappa shape index (κ1) is 20.2. The maximum atomic E-state index is 12.2. The molecule has 2 amide bonds. The van der Waals surface area contributed by atoms with E-state index in [0.29, 0.717) is 22.1 Å². The number of nitrogens with one attached hydrogen (secondary N) is 2. The summed E-state index contributed by atoms with van der Waals surface area (Å²) in [5.74, 6) is -0.753. The molecule has 2 aromatic heterocycles. The Morgan fingerprint density at radius 3 is 2.55 bits per heavy atom. The number of furan rings is 1. The summed E-state index contributed by atoms with van der Waals surface area (Å²) >= 11 is 1.22. The molecule has 0 saturated carbocycles. The minimum Gasteiger partial charge on any atom is -0.497 e. The SMILES string of the molecule is COc1ccc(OC)c(NC(=O)C(=O)NCc2ccc(C(=O)c3ccco3)s2)c1. The van der Waals surface area contributed by atoms with Crippen molar-refractivity contribution in [1.29, 1.82) is 0 Å². The standard InChI is InChI=1S/C20H18N2O6S/c1-26-12-5-7-15(27-2)14(10-12)22-20(25)19(24)21-11-13-6-8-17(29-13)18(23)16-4-3-9-28-16/h3-10H,11H2,1-2H3,(H,21,24)(H,22,25). The molecular weight excluding hydrogens is 396 g/mol. The lowest BCUT2D eigenvalue weighted by Crippen LogP contribution is -2.34. The first-order valence-electron chi connectivity index (χ1n) is 8.50. The summed E-state index contributed by atoms with van der Waals surface area (Å²) in [6.45, 7) is 0.109. The Morgan fingerprint density at radius 2 is 1.86 bits per heavy atom. The molecule has 0 aliphatic carbocycles. The van der Waals surface area contributed by atoms with E-state index < -0.39 is 11.8 Å². The smallest absolute Gasteiger partial charge is 0.313 e. The van der Waals surface area contributed by atoms with Crippen LogP contribution in [0.3, 0.4) is 0 Å². The fourth-order valence-electron chi connectivity index (χ4n) is 2.46. The molecule has 0 spiro atoms. The van der Waals surface area contributed by atoms with Gasteiger partial charge in [0.2, 0.25) is 5.78 Å². The number of anilines is 1. The van der Waals surface area contributed by atoms with E-state index in [1.807, 2.05) is 0 Å². The molecule has 0 aliphatic rings. The summed E-state index contributed by atoms with van der Waals surface area (Å²) < 4.78 is 15.4. The average Bonchev–Trinajstić information content (AvgIpc) is 3.43. The van der Waals surface area contributed by atoms with E-state index >= 15 is 0 Å². The van der Waals surface area contributed by atoms with E-state index in [1.165, 1.54) is 31.8 Å². The Hall–Kier alpha value is -3.59. The number of carbonyl (C=O) groups is 3. The van der Waals surface area contributed by atoms with E-state index in [2.05, 4.69) is 10.6 Å². The van der Waals surface area contributed by atoms with Crippen molar-refractivity contribution in [1.82, 2.24) is 5.32 Å². The van der Waals surface area contributed by atoms with Gasteiger partial charge in [-0.15, -0.1) is 11.3 Å². The first-order valence-corrected chi connectivity index (χ1v) is 9.31. The van der Waals surface area contributed by atoms with Crippen LogP contribution in [-0.4, -0.2) is 31.8 Å². The van der Waals surface area contributed by atoms with Gasteiger partial charge in [-0.1, -0.05) is 0 Å². The van der Waals surface area contributed by atoms with Crippen LogP contribution in [0.4, 0.5) is 5.69 Å². The third kappa shape index (κ3) is 4.82. The Morgan fingerprint density at radius 1 is 1.03 bits per heavy atom. The number of methoxy groups -OCH3 is 2. The highest BCUT2D eigenvalue weighted by Crippen LogP contribution is 2.28. The van der Waals surface area contributed by atoms with Crippen molar-refractivity contribution < 1.29 is 28.3 Å². The normalized spacial score (nSPS) is 10.3. The van der Waals surface area contributed by atoms with Crippen LogP contribution in [0.15, 0.2) is 53.1 Å². The minimum absolute atomic E-state index is 0.109. The van der Waals surface area contributed by atoms with Gasteiger partial charge in [0.05, 0.1) is 37.6 Å². The molecule has 3 aromatic rings. The van der Waals surface area contributed by atoms with Gasteiger partial charge in [-0.25, -0.2) is 0 Å². The van der Waals surface area contributed by atoms with Crippen molar-refractivity contribution in [3.8, 4) is 11.5 Å². The number of hydrogen-bond donors (Lipinski definition) is 2. The van der Waals surface area contributed by atoms with Crippen LogP contribution >= 0.6 is 11.3 Å². The second-order valence-electron chi connectivity index (χ2n) is 5.78. The molecule has 0 saturated heterocycles. The van der Waals surface area contributed by atoms with Crippen LogP contribution in [0.5, 0.6) is 11.5 Å². The van der Waals surface area contributed by atoms with Crippen LogP contribution < -0.4 is 20.1 Å². The van der Waals surface area contributed by atoms with E-state index in [-0.39, 0.29) is 18.1 Å². The Kier molecular flexibility index (Phi) is 6.30. The Labute approximate surface area is 170 Å². The first-order chi connectivity index (χ1) is 14.0. The van der Waals surface area contributed by atoms with Gasteiger partial charge in [-0.3, -0.25) is 14.4 Å². The van der Waals surface area contributed by atoms with Gasteiger partial charge in [-0.2, -0.15) is 0 Å². The number of ether oxygens (including phenoxy) is 2. The number of hydrogen-bond acceptors (Lipinski definition) is 7. The van der Waals surface area contributed by atoms with Crippen molar-refractivity contribution in [3.05, 3.63) is 64.2 Å². The van der Waals surface area contributed by atoms with Crippen LogP contribution in [-0.2, 0) is 16.1 Å². The third-order valence-corrected chi connectivity index (χ3v) is 5.00. The molecule has 0 bridgehead atoms. The number of rotatable bonds is 7. The predicted octanol–water partition coefficient (Wildman–Crippen LogP) is 2.84. The van der Waals surface area contributed by atoms with E-state index in [9.17, 15) is 14.4 Å². The number of thiophene rings is 1. The summed E-state index contributed by atoms with van der Waals surface area (Å²) in [5, 5.41) is 5.02. The van der Waals surface area contributed by atoms with Crippen LogP contribution in [0, 0.1) is 0 Å². The van der Waals surface area contributed by atoms with Gasteiger partial charge in [0, 0.05) is 10.9 Å². The van der Waals surface area contributed by atoms with Gasteiger partial charge < -0.3 is 24.5 Å². The van der Waals surface area contributed by atoms with Crippen molar-refractivity contribution in [2.45, 2.75) is 6.54 Å². The minimum atomic E-state index is -0.847. The molecule has 3 rings (SSSR count). The molecule has 150 valence electrons. The zero-order valence-electron chi connectivity index (χ0n) is 15.7. The molecule has 0 atom stereocenters. The lowest BCUT2D eigenvalue weighted by Gasteiger charge is -2.11. The van der Waals surface area contributed by atoms with Crippen molar-refractivity contribution in [2.75, 3.05) is 19.5 Å². The van der Waals surface area contributed by atoms with E-state index in [0.717, 1.165) is 4.88 Å². The Balaban J connectivity index is 1.58. The highest BCUT2D eigenvalue weighted by atomic mass is 32.1. The molecular formula is C20H18N2O6S. The number of amides is 2. The Bertz CT molecular complexity index is 1030. The zero-order valence-corrected chi connectivity index (χ0v) is 16.5. The third-order valence-electron chi connectivity index (χ3n) is 3.91. The summed E-state index contributed by atoms with van der Waals surface area (Å²) in [7, 11) is 2.95. The lowest BCUT2D eigenvalue weighted by molar-refractivity contribution is -0.136. The van der Waals surface area contributed by atoms with E-state index in [4.69, 9.17) is 13.9 Å². The van der Waals surface area contributed by atoms with Gasteiger partial charge in [0.1, 0.15) is 11.5 Å². The summed E-state index contributed by atoms with van der Waals surface area (Å²) in [6, 6.07) is 11.4. The second kappa shape index (κ2) is 9.07. The molecule has 9 heteroatoms. The largest absolute Gasteiger partial charge is 0.497 e. The van der Waals surface area contributed by atoms with Crippen LogP contribution in [0.25, 0.3) is 0 Å². The summed E-state index contributed by atoms with van der Waals surface area (Å²) in [5.41, 5.74) is 0.314. The highest BCUT2D eigenvalue weighted by molar-refractivity contribution is 7.14. The topological polar surface area (TPSA) is 107 Å². The molecule has 0 radical (unpaired) electrons. The van der Waals surface area contributed by atoms with Crippen molar-refractivity contribution >= 4 is 34.6 Å². The van der Waals surface area contributed by atoms with Gasteiger partial charge >= 0.3 is 11.8 Å². The average molecular weight is 414 g/mol. The molecule has 0 fully saturated rings. The van der Waals surface area contributed by atoms with Gasteiger partial charge in [-0.05, 0) is 36.4 Å². The maximum Gasteiger partial charge on any atom is 0.313 e. The summed E-state index contributed by atoms with van der Waals surface area (Å²) in [6.07, 6.45) is 1.43. The summed E-state index contributed by atoms with van der Waals surface area (Å²) in [4.78, 5) is 37.7. The zero-order chi connectivity index (χ0) is 20.8. The molecule has 0 aliphatic heterocycles. The fourth-order valence-corrected chi connectivity index (χ4v) is 3.35. The quantitative estimate of drug-likeness (QED) is 0.455.